The molecule has 0 spiro atoms. The van der Waals surface area contributed by atoms with Crippen LogP contribution in [0.4, 0.5) is 4.39 Å². The second kappa shape index (κ2) is 7.65. The van der Waals surface area contributed by atoms with E-state index >= 15 is 4.39 Å². The van der Waals surface area contributed by atoms with Gasteiger partial charge in [-0.15, -0.1) is 12.6 Å². The molecule has 182 valence electrons. The van der Waals surface area contributed by atoms with E-state index < -0.39 is 45.7 Å². The smallest absolute Gasteiger partial charge is 0.375 e. The predicted octanol–water partition coefficient (Wildman–Crippen LogP) is 4.10. The Morgan fingerprint density at radius 1 is 1.29 bits per heavy atom. The van der Waals surface area contributed by atoms with Crippen LogP contribution in [-0.2, 0) is 14.3 Å². The summed E-state index contributed by atoms with van der Waals surface area (Å²) in [5.41, 5.74) is -2.95. The molecule has 0 unspecified atom stereocenters. The number of esters is 1. The highest BCUT2D eigenvalue weighted by Gasteiger charge is 2.73. The summed E-state index contributed by atoms with van der Waals surface area (Å²) < 4.78 is 26.7. The molecule has 1 heterocycles. The number of thiol groups is 1. The average Bonchev–Trinajstić information content (AvgIpc) is 3.36. The Kier molecular flexibility index (Phi) is 5.30. The fourth-order valence-electron chi connectivity index (χ4n) is 7.96. The van der Waals surface area contributed by atoms with Crippen LogP contribution in [-0.4, -0.2) is 39.9 Å². The van der Waals surface area contributed by atoms with Gasteiger partial charge in [0.25, 0.3) is 0 Å². The third kappa shape index (κ3) is 2.94. The highest BCUT2D eigenvalue weighted by atomic mass is 32.1. The molecule has 6 nitrogen and oxygen atoms in total. The second-order valence-corrected chi connectivity index (χ2v) is 11.3. The summed E-state index contributed by atoms with van der Waals surface area (Å²) >= 11 is 4.19. The molecule has 1 N–H and O–H groups in total. The predicted molar refractivity (Wildman–Crippen MR) is 124 cm³/mol. The maximum Gasteiger partial charge on any atom is 0.375 e. The molecule has 0 aliphatic heterocycles. The molecule has 8 heteroatoms. The molecular weight excluding hydrogens is 459 g/mol. The van der Waals surface area contributed by atoms with Crippen LogP contribution < -0.4 is 0 Å². The van der Waals surface area contributed by atoms with Gasteiger partial charge in [-0.1, -0.05) is 26.8 Å². The lowest BCUT2D eigenvalue weighted by molar-refractivity contribution is -0.179. The standard InChI is InChI=1S/C26H29FO6S/c1-13-9-16-15-11-18(27)17-10-14(28)6-7-24(17,2)21(15)19(29)12-25(16,3)26(13,23(31)34)33-22(30)20-5-4-8-32-20/h4-8,10,13,15-16,18-19,21,29H,9,11-12H2,1-3H3,(H,31,34)/t13-,15+,16+,18+,19+,21-,24+,25+,26+/m1/s1. The van der Waals surface area contributed by atoms with E-state index in [1.165, 1.54) is 24.5 Å². The summed E-state index contributed by atoms with van der Waals surface area (Å²) in [5.74, 6) is -2.24. The molecule has 1 aromatic rings. The zero-order valence-electron chi connectivity index (χ0n) is 19.4. The van der Waals surface area contributed by atoms with Crippen LogP contribution in [0.15, 0.2) is 46.6 Å². The Balaban J connectivity index is 1.58. The van der Waals surface area contributed by atoms with Gasteiger partial charge in [-0.2, -0.15) is 0 Å². The molecule has 34 heavy (non-hydrogen) atoms. The van der Waals surface area contributed by atoms with Crippen molar-refractivity contribution in [1.82, 2.24) is 0 Å². The topological polar surface area (TPSA) is 93.8 Å². The van der Waals surface area contributed by atoms with Crippen LogP contribution in [0.2, 0.25) is 0 Å². The number of hydrogen-bond acceptors (Lipinski definition) is 6. The summed E-state index contributed by atoms with van der Waals surface area (Å²) in [6.07, 6.45) is 4.50. The van der Waals surface area contributed by atoms with Crippen molar-refractivity contribution in [2.75, 3.05) is 0 Å². The van der Waals surface area contributed by atoms with Gasteiger partial charge in [-0.05, 0) is 61.0 Å². The van der Waals surface area contributed by atoms with Crippen LogP contribution >= 0.6 is 12.6 Å². The molecule has 4 aliphatic carbocycles. The third-order valence-electron chi connectivity index (χ3n) is 9.31. The molecule has 3 saturated carbocycles. The van der Waals surface area contributed by atoms with Crippen molar-refractivity contribution in [3.8, 4) is 0 Å². The number of ketones is 1. The van der Waals surface area contributed by atoms with E-state index in [2.05, 4.69) is 12.6 Å². The molecular formula is C26H29FO6S. The minimum Gasteiger partial charge on any atom is -0.457 e. The number of allylic oxidation sites excluding steroid dienone is 4. The second-order valence-electron chi connectivity index (χ2n) is 10.9. The lowest BCUT2D eigenvalue weighted by Gasteiger charge is -2.60. The summed E-state index contributed by atoms with van der Waals surface area (Å²) in [4.78, 5) is 38.1. The fraction of sp³-hybridized carbons (Fsp3) is 0.577. The number of ether oxygens (including phenoxy) is 1. The van der Waals surface area contributed by atoms with Crippen molar-refractivity contribution in [2.45, 2.75) is 57.9 Å². The maximum absolute atomic E-state index is 15.5. The van der Waals surface area contributed by atoms with Crippen LogP contribution in [0.5, 0.6) is 0 Å². The summed E-state index contributed by atoms with van der Waals surface area (Å²) in [6, 6.07) is 3.02. The van der Waals surface area contributed by atoms with Gasteiger partial charge in [0.15, 0.2) is 11.4 Å². The SMILES string of the molecule is C[C@@H]1C[C@H]2[C@@H]3C[C@H](F)C4=CC(=O)C=C[C@]4(C)[C@H]3[C@@H](O)C[C@]2(C)[C@@]1(OC(=O)c1ccco1)C(=O)S. The van der Waals surface area contributed by atoms with Gasteiger partial charge in [0.05, 0.1) is 12.4 Å². The molecule has 3 fully saturated rings. The number of rotatable bonds is 3. The van der Waals surface area contributed by atoms with Gasteiger partial charge in [0.1, 0.15) is 6.17 Å². The number of halogens is 1. The van der Waals surface area contributed by atoms with Gasteiger partial charge in [0, 0.05) is 22.7 Å². The van der Waals surface area contributed by atoms with Gasteiger partial charge in [0.2, 0.25) is 10.9 Å². The summed E-state index contributed by atoms with van der Waals surface area (Å²) in [5, 5.41) is 10.9. The number of carbonyl (C=O) groups is 3. The van der Waals surface area contributed by atoms with Gasteiger partial charge >= 0.3 is 5.97 Å². The van der Waals surface area contributed by atoms with Gasteiger partial charge in [-0.3, -0.25) is 9.59 Å². The fourth-order valence-corrected chi connectivity index (χ4v) is 8.48. The molecule has 9 atom stereocenters. The minimum absolute atomic E-state index is 0.0248. The number of aliphatic hydroxyl groups is 1. The molecule has 5 rings (SSSR count). The highest BCUT2D eigenvalue weighted by molar-refractivity contribution is 7.96. The molecule has 0 radical (unpaired) electrons. The number of fused-ring (bicyclic) bond motifs is 5. The number of hydrogen-bond donors (Lipinski definition) is 2. The maximum atomic E-state index is 15.5. The third-order valence-corrected chi connectivity index (χ3v) is 9.64. The van der Waals surface area contributed by atoms with Crippen molar-refractivity contribution in [3.63, 3.8) is 0 Å². The molecule has 0 bridgehead atoms. The van der Waals surface area contributed by atoms with Crippen LogP contribution in [0.1, 0.15) is 50.6 Å². The average molecular weight is 489 g/mol. The first-order valence-electron chi connectivity index (χ1n) is 11.7. The van der Waals surface area contributed by atoms with Crippen molar-refractivity contribution >= 4 is 29.5 Å². The Morgan fingerprint density at radius 2 is 2.03 bits per heavy atom. The summed E-state index contributed by atoms with van der Waals surface area (Å²) in [6.45, 7) is 5.57. The first-order chi connectivity index (χ1) is 16.0. The lowest BCUT2D eigenvalue weighted by atomic mass is 9.46. The summed E-state index contributed by atoms with van der Waals surface area (Å²) in [7, 11) is 0. The van der Waals surface area contributed by atoms with Crippen LogP contribution in [0, 0.1) is 34.5 Å². The first-order valence-corrected chi connectivity index (χ1v) is 12.2. The van der Waals surface area contributed by atoms with Crippen LogP contribution in [0.25, 0.3) is 0 Å². The normalized spacial score (nSPS) is 45.1. The van der Waals surface area contributed by atoms with Crippen molar-refractivity contribution < 1.29 is 33.0 Å². The zero-order valence-corrected chi connectivity index (χ0v) is 20.3. The highest BCUT2D eigenvalue weighted by Crippen LogP contribution is 2.69. The van der Waals surface area contributed by atoms with Gasteiger partial charge < -0.3 is 14.3 Å². The van der Waals surface area contributed by atoms with Gasteiger partial charge in [-0.25, -0.2) is 9.18 Å². The molecule has 0 saturated heterocycles. The Hall–Kier alpha value is -2.19. The van der Waals surface area contributed by atoms with Crippen LogP contribution in [0.3, 0.4) is 0 Å². The molecule has 0 aromatic carbocycles. The molecule has 0 amide bonds. The number of furan rings is 1. The Morgan fingerprint density at radius 3 is 2.68 bits per heavy atom. The van der Waals surface area contributed by atoms with E-state index in [1.54, 1.807) is 12.1 Å². The molecule has 4 aliphatic rings. The van der Waals surface area contributed by atoms with Crippen molar-refractivity contribution in [3.05, 3.63) is 48.0 Å². The zero-order chi connectivity index (χ0) is 24.6. The monoisotopic (exact) mass is 488 g/mol. The van der Waals surface area contributed by atoms with E-state index in [0.29, 0.717) is 12.0 Å². The van der Waals surface area contributed by atoms with E-state index in [4.69, 9.17) is 9.15 Å². The number of aliphatic hydroxyl groups excluding tert-OH is 1. The lowest BCUT2D eigenvalue weighted by Crippen LogP contribution is -2.63. The van der Waals surface area contributed by atoms with E-state index in [1.807, 2.05) is 20.8 Å². The first kappa shape index (κ1) is 23.5. The van der Waals surface area contributed by atoms with Crippen molar-refractivity contribution in [2.24, 2.45) is 34.5 Å². The Labute approximate surface area is 203 Å². The molecule has 1 aromatic heterocycles. The quantitative estimate of drug-likeness (QED) is 0.491. The number of carbonyl (C=O) groups excluding carboxylic acids is 3. The minimum atomic E-state index is -1.60. The van der Waals surface area contributed by atoms with E-state index in [9.17, 15) is 19.5 Å². The van der Waals surface area contributed by atoms with Crippen molar-refractivity contribution in [1.29, 1.82) is 0 Å². The Bertz CT molecular complexity index is 1110. The number of alkyl halides is 1. The largest absolute Gasteiger partial charge is 0.457 e. The van der Waals surface area contributed by atoms with E-state index in [-0.39, 0.29) is 42.1 Å². The van der Waals surface area contributed by atoms with E-state index in [0.717, 1.165) is 0 Å².